The number of hydrogen-bond acceptors (Lipinski definition) is 6. The van der Waals surface area contributed by atoms with Gasteiger partial charge in [0.25, 0.3) is 5.91 Å². The zero-order valence-corrected chi connectivity index (χ0v) is 14.7. The van der Waals surface area contributed by atoms with E-state index in [-0.39, 0.29) is 5.91 Å². The largest absolute Gasteiger partial charge is 0.384 e. The van der Waals surface area contributed by atoms with E-state index in [1.54, 1.807) is 16.8 Å². The molecule has 1 aliphatic rings. The van der Waals surface area contributed by atoms with Crippen molar-refractivity contribution in [1.29, 1.82) is 0 Å². The van der Waals surface area contributed by atoms with Crippen LogP contribution in [-0.4, -0.2) is 51.7 Å². The molecule has 1 amide bonds. The second-order valence-electron chi connectivity index (χ2n) is 5.23. The first-order valence-electron chi connectivity index (χ1n) is 7.80. The van der Waals surface area contributed by atoms with Gasteiger partial charge in [0.15, 0.2) is 5.17 Å². The lowest BCUT2D eigenvalue weighted by atomic mass is 10.4. The van der Waals surface area contributed by atoms with Crippen LogP contribution in [0.25, 0.3) is 6.08 Å². The van der Waals surface area contributed by atoms with Crippen molar-refractivity contribution in [3.8, 4) is 0 Å². The Morgan fingerprint density at radius 2 is 2.22 bits per heavy atom. The van der Waals surface area contributed by atoms with Gasteiger partial charge in [-0.3, -0.25) is 9.79 Å². The number of rotatable bonds is 7. The van der Waals surface area contributed by atoms with E-state index in [9.17, 15) is 4.79 Å². The number of amidine groups is 1. The molecule has 1 fully saturated rings. The van der Waals surface area contributed by atoms with Gasteiger partial charge >= 0.3 is 0 Å². The fourth-order valence-corrected chi connectivity index (χ4v) is 3.02. The Hall–Kier alpha value is -1.80. The summed E-state index contributed by atoms with van der Waals surface area (Å²) in [6, 6.07) is 0. The minimum Gasteiger partial charge on any atom is -0.384 e. The summed E-state index contributed by atoms with van der Waals surface area (Å²) in [5.41, 5.74) is 5.74. The number of anilines is 1. The van der Waals surface area contributed by atoms with Gasteiger partial charge in [-0.1, -0.05) is 13.8 Å². The number of imidazole rings is 1. The Labute approximate surface area is 141 Å². The summed E-state index contributed by atoms with van der Waals surface area (Å²) in [7, 11) is 1.81. The number of aliphatic imine (C=N–C) groups is 1. The van der Waals surface area contributed by atoms with Crippen LogP contribution < -0.4 is 11.1 Å². The molecular weight excluding hydrogens is 312 g/mol. The summed E-state index contributed by atoms with van der Waals surface area (Å²) in [5.74, 6) is 1.08. The predicted molar refractivity (Wildman–Crippen MR) is 96.0 cm³/mol. The molecule has 7 nitrogen and oxygen atoms in total. The van der Waals surface area contributed by atoms with Gasteiger partial charge in [0, 0.05) is 19.7 Å². The SMILES string of the molecule is CCN(CC)CCCN=C1NC(=O)/C(=C/c2ncc(N)n2C)S1. The molecule has 8 heteroatoms. The van der Waals surface area contributed by atoms with Crippen molar-refractivity contribution in [2.75, 3.05) is 31.9 Å². The van der Waals surface area contributed by atoms with Gasteiger partial charge in [0.2, 0.25) is 0 Å². The maximum Gasteiger partial charge on any atom is 0.264 e. The summed E-state index contributed by atoms with van der Waals surface area (Å²) in [6.07, 6.45) is 4.29. The molecule has 23 heavy (non-hydrogen) atoms. The fourth-order valence-electron chi connectivity index (χ4n) is 2.21. The normalized spacial score (nSPS) is 18.3. The first-order chi connectivity index (χ1) is 11.0. The van der Waals surface area contributed by atoms with Crippen LogP contribution in [0, 0.1) is 0 Å². The molecule has 1 aromatic heterocycles. The van der Waals surface area contributed by atoms with Crippen molar-refractivity contribution in [2.45, 2.75) is 20.3 Å². The quantitative estimate of drug-likeness (QED) is 0.579. The van der Waals surface area contributed by atoms with Crippen molar-refractivity contribution in [1.82, 2.24) is 19.8 Å². The summed E-state index contributed by atoms with van der Waals surface area (Å²) >= 11 is 1.34. The third-order valence-corrected chi connectivity index (χ3v) is 4.70. The molecule has 0 saturated carbocycles. The van der Waals surface area contributed by atoms with Crippen molar-refractivity contribution < 1.29 is 4.79 Å². The van der Waals surface area contributed by atoms with E-state index in [0.29, 0.717) is 28.3 Å². The first kappa shape index (κ1) is 17.6. The Bertz CT molecular complexity index is 617. The van der Waals surface area contributed by atoms with E-state index in [1.807, 2.05) is 7.05 Å². The minimum atomic E-state index is -0.140. The monoisotopic (exact) mass is 336 g/mol. The fraction of sp³-hybridized carbons (Fsp3) is 0.533. The summed E-state index contributed by atoms with van der Waals surface area (Å²) in [6.45, 7) is 8.16. The van der Waals surface area contributed by atoms with Crippen LogP contribution in [0.2, 0.25) is 0 Å². The summed E-state index contributed by atoms with van der Waals surface area (Å²) in [5, 5.41) is 3.45. The third kappa shape index (κ3) is 4.59. The second kappa shape index (κ2) is 8.16. The molecule has 0 spiro atoms. The predicted octanol–water partition coefficient (Wildman–Crippen LogP) is 1.29. The van der Waals surface area contributed by atoms with E-state index in [2.05, 4.69) is 34.0 Å². The van der Waals surface area contributed by atoms with E-state index < -0.39 is 0 Å². The first-order valence-corrected chi connectivity index (χ1v) is 8.61. The van der Waals surface area contributed by atoms with Crippen LogP contribution in [-0.2, 0) is 11.8 Å². The van der Waals surface area contributed by atoms with Crippen molar-refractivity contribution in [3.05, 3.63) is 16.9 Å². The molecule has 0 bridgehead atoms. The number of nitrogens with one attached hydrogen (secondary N) is 1. The highest BCUT2D eigenvalue weighted by Gasteiger charge is 2.24. The summed E-state index contributed by atoms with van der Waals surface area (Å²) < 4.78 is 1.74. The average molecular weight is 336 g/mol. The molecule has 0 unspecified atom stereocenters. The topological polar surface area (TPSA) is 88.5 Å². The summed E-state index contributed by atoms with van der Waals surface area (Å²) in [4.78, 5) is 23.6. The number of carbonyl (C=O) groups is 1. The highest BCUT2D eigenvalue weighted by Crippen LogP contribution is 2.25. The highest BCUT2D eigenvalue weighted by atomic mass is 32.2. The van der Waals surface area contributed by atoms with Crippen LogP contribution in [0.1, 0.15) is 26.1 Å². The maximum absolute atomic E-state index is 12.0. The number of amides is 1. The molecule has 126 valence electrons. The van der Waals surface area contributed by atoms with Crippen molar-refractivity contribution in [3.63, 3.8) is 0 Å². The number of aromatic nitrogens is 2. The zero-order chi connectivity index (χ0) is 16.8. The second-order valence-corrected chi connectivity index (χ2v) is 6.26. The van der Waals surface area contributed by atoms with E-state index in [1.165, 1.54) is 11.8 Å². The van der Waals surface area contributed by atoms with Gasteiger partial charge in [-0.05, 0) is 37.8 Å². The van der Waals surface area contributed by atoms with E-state index in [0.717, 1.165) is 26.1 Å². The standard InChI is InChI=1S/C15H24N6OS/c1-4-21(5-2)8-6-7-17-15-19-14(22)11(23-15)9-13-18-10-12(16)20(13)3/h9-10H,4-8,16H2,1-3H3,(H,17,19,22)/b11-9-. The van der Waals surface area contributed by atoms with Crippen LogP contribution >= 0.6 is 11.8 Å². The highest BCUT2D eigenvalue weighted by molar-refractivity contribution is 8.18. The van der Waals surface area contributed by atoms with Crippen LogP contribution in [0.4, 0.5) is 5.82 Å². The van der Waals surface area contributed by atoms with Crippen LogP contribution in [0.5, 0.6) is 0 Å². The molecule has 1 aromatic rings. The molecule has 2 rings (SSSR count). The number of nitrogens with zero attached hydrogens (tertiary/aromatic N) is 4. The van der Waals surface area contributed by atoms with Crippen molar-refractivity contribution >= 4 is 34.7 Å². The Balaban J connectivity index is 1.92. The minimum absolute atomic E-state index is 0.140. The molecule has 1 saturated heterocycles. The third-order valence-electron chi connectivity index (χ3n) is 3.75. The van der Waals surface area contributed by atoms with Gasteiger partial charge in [0.1, 0.15) is 11.6 Å². The Morgan fingerprint density at radius 1 is 1.48 bits per heavy atom. The molecule has 0 atom stereocenters. The molecule has 1 aliphatic heterocycles. The molecule has 0 radical (unpaired) electrons. The zero-order valence-electron chi connectivity index (χ0n) is 13.9. The van der Waals surface area contributed by atoms with E-state index >= 15 is 0 Å². The number of thioether (sulfide) groups is 1. The van der Waals surface area contributed by atoms with Gasteiger partial charge < -0.3 is 20.5 Å². The van der Waals surface area contributed by atoms with Gasteiger partial charge in [-0.2, -0.15) is 0 Å². The molecule has 0 aromatic carbocycles. The molecule has 0 aliphatic carbocycles. The lowest BCUT2D eigenvalue weighted by Gasteiger charge is -2.16. The Morgan fingerprint density at radius 3 is 2.83 bits per heavy atom. The van der Waals surface area contributed by atoms with Crippen LogP contribution in [0.15, 0.2) is 16.1 Å². The Kier molecular flexibility index (Phi) is 6.23. The van der Waals surface area contributed by atoms with E-state index in [4.69, 9.17) is 5.73 Å². The van der Waals surface area contributed by atoms with Crippen LogP contribution in [0.3, 0.4) is 0 Å². The average Bonchev–Trinajstić information content (AvgIpc) is 3.05. The van der Waals surface area contributed by atoms with Gasteiger partial charge in [-0.15, -0.1) is 0 Å². The maximum atomic E-state index is 12.0. The smallest absolute Gasteiger partial charge is 0.264 e. The lowest BCUT2D eigenvalue weighted by molar-refractivity contribution is -0.115. The number of nitrogens with two attached hydrogens (primary N) is 1. The van der Waals surface area contributed by atoms with Gasteiger partial charge in [-0.25, -0.2) is 4.98 Å². The number of carbonyl (C=O) groups excluding carboxylic acids is 1. The number of hydrogen-bond donors (Lipinski definition) is 2. The molecular formula is C15H24N6OS. The molecule has 2 heterocycles. The number of nitrogen functional groups attached to an aromatic ring is 1. The lowest BCUT2D eigenvalue weighted by Crippen LogP contribution is -2.25. The van der Waals surface area contributed by atoms with Gasteiger partial charge in [0.05, 0.1) is 11.1 Å². The van der Waals surface area contributed by atoms with Crippen molar-refractivity contribution in [2.24, 2.45) is 12.0 Å². The molecule has 3 N–H and O–H groups in total.